The lowest BCUT2D eigenvalue weighted by atomic mass is 9.85. The van der Waals surface area contributed by atoms with E-state index in [4.69, 9.17) is 0 Å². The molecule has 1 N–H and O–H groups in total. The molecule has 0 aromatic heterocycles. The summed E-state index contributed by atoms with van der Waals surface area (Å²) in [5.41, 5.74) is 0.136. The van der Waals surface area contributed by atoms with Gasteiger partial charge in [-0.2, -0.15) is 0 Å². The molecule has 0 aromatic rings. The smallest absolute Gasteiger partial charge is 0.220 e. The standard InChI is InChI=1S/C11H22BrNO/c1-5-6-10(14)13-9(7-8-12)11(2,3)4/h9H,5-8H2,1-4H3,(H,13,14). The van der Waals surface area contributed by atoms with Crippen molar-refractivity contribution >= 4 is 21.8 Å². The van der Waals surface area contributed by atoms with Crippen molar-refractivity contribution in [2.24, 2.45) is 5.41 Å². The van der Waals surface area contributed by atoms with Crippen LogP contribution >= 0.6 is 15.9 Å². The van der Waals surface area contributed by atoms with Gasteiger partial charge in [0.1, 0.15) is 0 Å². The third-order valence-electron chi connectivity index (χ3n) is 2.26. The molecule has 3 heteroatoms. The number of alkyl halides is 1. The predicted octanol–water partition coefficient (Wildman–Crippen LogP) is 3.10. The van der Waals surface area contributed by atoms with Crippen LogP contribution in [0.15, 0.2) is 0 Å². The quantitative estimate of drug-likeness (QED) is 0.759. The first-order valence-electron chi connectivity index (χ1n) is 5.27. The SMILES string of the molecule is CCCC(=O)NC(CCBr)C(C)(C)C. The summed E-state index contributed by atoms with van der Waals surface area (Å²) in [5.74, 6) is 0.174. The molecule has 0 radical (unpaired) electrons. The Bertz CT molecular complexity index is 175. The van der Waals surface area contributed by atoms with Gasteiger partial charge < -0.3 is 5.32 Å². The van der Waals surface area contributed by atoms with Crippen molar-refractivity contribution in [1.29, 1.82) is 0 Å². The average Bonchev–Trinajstić information content (AvgIpc) is 2.02. The largest absolute Gasteiger partial charge is 0.353 e. The monoisotopic (exact) mass is 263 g/mol. The summed E-state index contributed by atoms with van der Waals surface area (Å²) in [6.07, 6.45) is 2.53. The Kier molecular flexibility index (Phi) is 6.41. The zero-order valence-electron chi connectivity index (χ0n) is 9.69. The minimum Gasteiger partial charge on any atom is -0.353 e. The summed E-state index contributed by atoms with van der Waals surface area (Å²) < 4.78 is 0. The lowest BCUT2D eigenvalue weighted by Crippen LogP contribution is -2.43. The molecule has 0 rings (SSSR count). The molecule has 1 amide bonds. The highest BCUT2D eigenvalue weighted by Gasteiger charge is 2.24. The molecule has 1 atom stereocenters. The predicted molar refractivity (Wildman–Crippen MR) is 64.7 cm³/mol. The van der Waals surface area contributed by atoms with E-state index in [0.29, 0.717) is 6.42 Å². The highest BCUT2D eigenvalue weighted by molar-refractivity contribution is 9.09. The molecular weight excluding hydrogens is 242 g/mol. The summed E-state index contributed by atoms with van der Waals surface area (Å²) in [4.78, 5) is 11.4. The van der Waals surface area contributed by atoms with Crippen molar-refractivity contribution in [2.45, 2.75) is 53.0 Å². The second-order valence-corrected chi connectivity index (χ2v) is 5.51. The van der Waals surface area contributed by atoms with Crippen LogP contribution in [0.25, 0.3) is 0 Å². The number of halogens is 1. The highest BCUT2D eigenvalue weighted by atomic mass is 79.9. The molecule has 0 heterocycles. The number of hydrogen-bond donors (Lipinski definition) is 1. The first-order chi connectivity index (χ1) is 6.41. The van der Waals surface area contributed by atoms with Gasteiger partial charge in [-0.3, -0.25) is 4.79 Å². The molecular formula is C11H22BrNO. The van der Waals surface area contributed by atoms with Crippen LogP contribution in [-0.4, -0.2) is 17.3 Å². The van der Waals surface area contributed by atoms with E-state index in [0.717, 1.165) is 18.2 Å². The molecule has 0 spiro atoms. The third-order valence-corrected chi connectivity index (χ3v) is 2.71. The molecule has 14 heavy (non-hydrogen) atoms. The molecule has 0 aliphatic heterocycles. The van der Waals surface area contributed by atoms with Crippen molar-refractivity contribution in [3.8, 4) is 0 Å². The van der Waals surface area contributed by atoms with E-state index in [9.17, 15) is 4.79 Å². The maximum atomic E-state index is 11.4. The third kappa shape index (κ3) is 5.63. The van der Waals surface area contributed by atoms with Crippen LogP contribution in [0.1, 0.15) is 47.0 Å². The second-order valence-electron chi connectivity index (χ2n) is 4.71. The van der Waals surface area contributed by atoms with Gasteiger partial charge in [0.25, 0.3) is 0 Å². The molecule has 0 fully saturated rings. The minimum absolute atomic E-state index is 0.136. The van der Waals surface area contributed by atoms with E-state index < -0.39 is 0 Å². The van der Waals surface area contributed by atoms with Crippen LogP contribution in [0, 0.1) is 5.41 Å². The Morgan fingerprint density at radius 1 is 1.43 bits per heavy atom. The van der Waals surface area contributed by atoms with Crippen molar-refractivity contribution in [2.75, 3.05) is 5.33 Å². The van der Waals surface area contributed by atoms with Gasteiger partial charge >= 0.3 is 0 Å². The number of rotatable bonds is 5. The fraction of sp³-hybridized carbons (Fsp3) is 0.909. The van der Waals surface area contributed by atoms with Crippen molar-refractivity contribution in [3.05, 3.63) is 0 Å². The van der Waals surface area contributed by atoms with Gasteiger partial charge in [-0.05, 0) is 18.3 Å². The molecule has 0 bridgehead atoms. The first kappa shape index (κ1) is 13.9. The van der Waals surface area contributed by atoms with Gasteiger partial charge in [0.15, 0.2) is 0 Å². The minimum atomic E-state index is 0.136. The second kappa shape index (κ2) is 6.44. The van der Waals surface area contributed by atoms with Crippen molar-refractivity contribution in [1.82, 2.24) is 5.32 Å². The lowest BCUT2D eigenvalue weighted by molar-refractivity contribution is -0.122. The van der Waals surface area contributed by atoms with Crippen LogP contribution in [0.5, 0.6) is 0 Å². The summed E-state index contributed by atoms with van der Waals surface area (Å²) in [7, 11) is 0. The van der Waals surface area contributed by atoms with E-state index in [1.807, 2.05) is 6.92 Å². The molecule has 0 aromatic carbocycles. The normalized spacial score (nSPS) is 13.8. The van der Waals surface area contributed by atoms with Gasteiger partial charge in [0.2, 0.25) is 5.91 Å². The lowest BCUT2D eigenvalue weighted by Gasteiger charge is -2.31. The highest BCUT2D eigenvalue weighted by Crippen LogP contribution is 2.22. The Morgan fingerprint density at radius 2 is 2.00 bits per heavy atom. The van der Waals surface area contributed by atoms with Crippen LogP contribution in [0.4, 0.5) is 0 Å². The topological polar surface area (TPSA) is 29.1 Å². The Labute approximate surface area is 96.0 Å². The van der Waals surface area contributed by atoms with E-state index in [1.165, 1.54) is 0 Å². The number of carbonyl (C=O) groups excluding carboxylic acids is 1. The zero-order valence-corrected chi connectivity index (χ0v) is 11.3. The zero-order chi connectivity index (χ0) is 11.2. The number of carbonyl (C=O) groups is 1. The summed E-state index contributed by atoms with van der Waals surface area (Å²) in [6.45, 7) is 8.50. The van der Waals surface area contributed by atoms with E-state index >= 15 is 0 Å². The maximum absolute atomic E-state index is 11.4. The molecule has 1 unspecified atom stereocenters. The summed E-state index contributed by atoms with van der Waals surface area (Å²) in [6, 6.07) is 0.265. The van der Waals surface area contributed by atoms with E-state index in [2.05, 4.69) is 42.0 Å². The number of hydrogen-bond acceptors (Lipinski definition) is 1. The fourth-order valence-corrected chi connectivity index (χ4v) is 1.78. The van der Waals surface area contributed by atoms with Crippen molar-refractivity contribution in [3.63, 3.8) is 0 Å². The van der Waals surface area contributed by atoms with Gasteiger partial charge in [-0.25, -0.2) is 0 Å². The summed E-state index contributed by atoms with van der Waals surface area (Å²) in [5, 5.41) is 4.02. The molecule has 0 aliphatic rings. The van der Waals surface area contributed by atoms with Crippen LogP contribution in [-0.2, 0) is 4.79 Å². The Balaban J connectivity index is 4.16. The van der Waals surface area contributed by atoms with Crippen LogP contribution < -0.4 is 5.32 Å². The maximum Gasteiger partial charge on any atom is 0.220 e. The number of nitrogens with one attached hydrogen (secondary N) is 1. The van der Waals surface area contributed by atoms with Crippen LogP contribution in [0.3, 0.4) is 0 Å². The molecule has 84 valence electrons. The van der Waals surface area contributed by atoms with E-state index in [-0.39, 0.29) is 17.4 Å². The number of amides is 1. The first-order valence-corrected chi connectivity index (χ1v) is 6.39. The molecule has 0 aliphatic carbocycles. The fourth-order valence-electron chi connectivity index (χ4n) is 1.32. The van der Waals surface area contributed by atoms with Gasteiger partial charge in [-0.1, -0.05) is 43.6 Å². The molecule has 0 saturated heterocycles. The molecule has 0 saturated carbocycles. The Hall–Kier alpha value is -0.0500. The average molecular weight is 264 g/mol. The van der Waals surface area contributed by atoms with Gasteiger partial charge in [-0.15, -0.1) is 0 Å². The van der Waals surface area contributed by atoms with Gasteiger partial charge in [0, 0.05) is 17.8 Å². The molecule has 2 nitrogen and oxygen atoms in total. The van der Waals surface area contributed by atoms with Gasteiger partial charge in [0.05, 0.1) is 0 Å². The Morgan fingerprint density at radius 3 is 2.36 bits per heavy atom. The van der Waals surface area contributed by atoms with Crippen molar-refractivity contribution < 1.29 is 4.79 Å². The van der Waals surface area contributed by atoms with Crippen LogP contribution in [0.2, 0.25) is 0 Å². The van der Waals surface area contributed by atoms with E-state index in [1.54, 1.807) is 0 Å². The summed E-state index contributed by atoms with van der Waals surface area (Å²) >= 11 is 3.42.